The topological polar surface area (TPSA) is 41.5 Å². The van der Waals surface area contributed by atoms with Crippen molar-refractivity contribution in [2.45, 2.75) is 31.7 Å². The molecular weight excluding hydrogens is 202 g/mol. The summed E-state index contributed by atoms with van der Waals surface area (Å²) in [6, 6.07) is 6.16. The molecular formula is C13H19NO2. The normalized spacial score (nSPS) is 22.0. The number of phenols is 1. The monoisotopic (exact) mass is 221 g/mol. The molecule has 0 aromatic heterocycles. The lowest BCUT2D eigenvalue weighted by Crippen LogP contribution is -2.27. The number of ether oxygens (including phenoxy) is 1. The first-order valence-electron chi connectivity index (χ1n) is 5.82. The van der Waals surface area contributed by atoms with E-state index >= 15 is 0 Å². The highest BCUT2D eigenvalue weighted by molar-refractivity contribution is 5.43. The minimum absolute atomic E-state index is 0.206. The minimum atomic E-state index is 0.206. The number of aromatic hydroxyl groups is 1. The van der Waals surface area contributed by atoms with Gasteiger partial charge < -0.3 is 15.2 Å². The largest absolute Gasteiger partial charge is 0.504 e. The maximum absolute atomic E-state index is 9.54. The van der Waals surface area contributed by atoms with Crippen LogP contribution in [0.25, 0.3) is 0 Å². The van der Waals surface area contributed by atoms with E-state index in [-0.39, 0.29) is 5.75 Å². The van der Waals surface area contributed by atoms with E-state index in [2.05, 4.69) is 12.2 Å². The average molecular weight is 221 g/mol. The van der Waals surface area contributed by atoms with Crippen LogP contribution in [0.2, 0.25) is 0 Å². The van der Waals surface area contributed by atoms with Crippen molar-refractivity contribution in [1.82, 2.24) is 5.32 Å². The lowest BCUT2D eigenvalue weighted by molar-refractivity contribution is 0.372. The first-order chi connectivity index (χ1) is 7.72. The van der Waals surface area contributed by atoms with Crippen LogP contribution < -0.4 is 10.1 Å². The zero-order valence-electron chi connectivity index (χ0n) is 9.86. The lowest BCUT2D eigenvalue weighted by atomic mass is 9.92. The Balaban J connectivity index is 2.19. The molecule has 0 spiro atoms. The quantitative estimate of drug-likeness (QED) is 0.822. The summed E-state index contributed by atoms with van der Waals surface area (Å²) < 4.78 is 5.13. The molecule has 2 atom stereocenters. The van der Waals surface area contributed by atoms with Crippen LogP contribution in [0.5, 0.6) is 11.5 Å². The molecule has 2 N–H and O–H groups in total. The third-order valence-electron chi connectivity index (χ3n) is 3.43. The van der Waals surface area contributed by atoms with Gasteiger partial charge in [-0.25, -0.2) is 0 Å². The third-order valence-corrected chi connectivity index (χ3v) is 3.43. The highest BCUT2D eigenvalue weighted by atomic mass is 16.5. The number of nitrogens with one attached hydrogen (secondary N) is 1. The summed E-state index contributed by atoms with van der Waals surface area (Å²) in [5, 5.41) is 13.0. The van der Waals surface area contributed by atoms with Crippen LogP contribution >= 0.6 is 0 Å². The number of hydrogen-bond acceptors (Lipinski definition) is 3. The van der Waals surface area contributed by atoms with Gasteiger partial charge >= 0.3 is 0 Å². The van der Waals surface area contributed by atoms with Gasteiger partial charge in [0.25, 0.3) is 0 Å². The molecule has 1 aliphatic heterocycles. The first kappa shape index (κ1) is 11.3. The molecule has 88 valence electrons. The number of benzene rings is 1. The number of hydrogen-bond donors (Lipinski definition) is 2. The molecule has 2 rings (SSSR count). The summed E-state index contributed by atoms with van der Waals surface area (Å²) in [6.45, 7) is 3.33. The van der Waals surface area contributed by atoms with E-state index in [0.29, 0.717) is 17.7 Å². The van der Waals surface area contributed by atoms with Crippen molar-refractivity contribution in [1.29, 1.82) is 0 Å². The molecule has 1 saturated heterocycles. The van der Waals surface area contributed by atoms with Crippen molar-refractivity contribution in [2.24, 2.45) is 0 Å². The van der Waals surface area contributed by atoms with Gasteiger partial charge in [0.2, 0.25) is 0 Å². The smallest absolute Gasteiger partial charge is 0.160 e. The van der Waals surface area contributed by atoms with Gasteiger partial charge in [-0.1, -0.05) is 13.0 Å². The molecule has 0 radical (unpaired) electrons. The van der Waals surface area contributed by atoms with Crippen molar-refractivity contribution < 1.29 is 9.84 Å². The predicted octanol–water partition coefficient (Wildman–Crippen LogP) is 2.26. The van der Waals surface area contributed by atoms with E-state index in [1.165, 1.54) is 18.4 Å². The van der Waals surface area contributed by atoms with E-state index in [9.17, 15) is 5.11 Å². The number of rotatable bonds is 3. The Hall–Kier alpha value is -1.22. The fourth-order valence-electron chi connectivity index (χ4n) is 2.35. The van der Waals surface area contributed by atoms with Crippen molar-refractivity contribution in [2.75, 3.05) is 13.7 Å². The highest BCUT2D eigenvalue weighted by Crippen LogP contribution is 2.32. The van der Waals surface area contributed by atoms with Gasteiger partial charge in [-0.3, -0.25) is 0 Å². The Kier molecular flexibility index (Phi) is 3.34. The molecule has 1 fully saturated rings. The van der Waals surface area contributed by atoms with Gasteiger partial charge in [-0.15, -0.1) is 0 Å². The third kappa shape index (κ3) is 2.14. The van der Waals surface area contributed by atoms with Crippen LogP contribution in [0.1, 0.15) is 31.2 Å². The Morgan fingerprint density at radius 3 is 2.94 bits per heavy atom. The van der Waals surface area contributed by atoms with E-state index in [4.69, 9.17) is 4.74 Å². The molecule has 3 nitrogen and oxygen atoms in total. The molecule has 1 aliphatic rings. The molecule has 1 aromatic rings. The zero-order chi connectivity index (χ0) is 11.5. The molecule has 1 heterocycles. The summed E-state index contributed by atoms with van der Waals surface area (Å²) in [5.41, 5.74) is 1.22. The molecule has 1 aromatic carbocycles. The van der Waals surface area contributed by atoms with Crippen LogP contribution in [-0.2, 0) is 0 Å². The van der Waals surface area contributed by atoms with Gasteiger partial charge in [0.05, 0.1) is 7.11 Å². The Labute approximate surface area is 96.4 Å². The summed E-state index contributed by atoms with van der Waals surface area (Å²) in [7, 11) is 1.58. The fourth-order valence-corrected chi connectivity index (χ4v) is 2.35. The lowest BCUT2D eigenvalue weighted by Gasteiger charge is -2.20. The Bertz CT molecular complexity index is 359. The molecule has 0 saturated carbocycles. The van der Waals surface area contributed by atoms with Crippen LogP contribution in [0.4, 0.5) is 0 Å². The zero-order valence-corrected chi connectivity index (χ0v) is 9.86. The number of methoxy groups -OCH3 is 1. The van der Waals surface area contributed by atoms with Crippen LogP contribution in [0, 0.1) is 0 Å². The van der Waals surface area contributed by atoms with Gasteiger partial charge in [0.15, 0.2) is 11.5 Å². The van der Waals surface area contributed by atoms with Crippen LogP contribution in [-0.4, -0.2) is 24.8 Å². The maximum Gasteiger partial charge on any atom is 0.160 e. The number of phenolic OH excluding ortho intramolecular Hbond substituents is 1. The summed E-state index contributed by atoms with van der Waals surface area (Å²) in [6.07, 6.45) is 2.48. The molecule has 0 amide bonds. The van der Waals surface area contributed by atoms with E-state index in [0.717, 1.165) is 6.54 Å². The Morgan fingerprint density at radius 1 is 1.50 bits per heavy atom. The second-order valence-electron chi connectivity index (χ2n) is 4.42. The summed E-state index contributed by atoms with van der Waals surface area (Å²) in [4.78, 5) is 0. The molecule has 0 aliphatic carbocycles. The van der Waals surface area contributed by atoms with Gasteiger partial charge in [0, 0.05) is 6.04 Å². The van der Waals surface area contributed by atoms with Crippen molar-refractivity contribution in [3.63, 3.8) is 0 Å². The molecule has 0 bridgehead atoms. The first-order valence-corrected chi connectivity index (χ1v) is 5.82. The summed E-state index contributed by atoms with van der Waals surface area (Å²) in [5.74, 6) is 1.22. The van der Waals surface area contributed by atoms with Crippen molar-refractivity contribution in [3.8, 4) is 11.5 Å². The van der Waals surface area contributed by atoms with Gasteiger partial charge in [-0.05, 0) is 43.0 Å². The molecule has 3 heteroatoms. The molecule has 2 unspecified atom stereocenters. The molecule has 16 heavy (non-hydrogen) atoms. The van der Waals surface area contributed by atoms with E-state index in [1.54, 1.807) is 13.2 Å². The van der Waals surface area contributed by atoms with Gasteiger partial charge in [0.1, 0.15) is 0 Å². The van der Waals surface area contributed by atoms with Crippen LogP contribution in [0.15, 0.2) is 18.2 Å². The average Bonchev–Trinajstić information content (AvgIpc) is 2.82. The van der Waals surface area contributed by atoms with Crippen LogP contribution in [0.3, 0.4) is 0 Å². The summed E-state index contributed by atoms with van der Waals surface area (Å²) >= 11 is 0. The second kappa shape index (κ2) is 4.74. The minimum Gasteiger partial charge on any atom is -0.504 e. The van der Waals surface area contributed by atoms with Gasteiger partial charge in [-0.2, -0.15) is 0 Å². The standard InChI is InChI=1S/C13H19NO2/c1-9(11-4-3-7-14-11)10-5-6-12(15)13(8-10)16-2/h5-6,8-9,11,14-15H,3-4,7H2,1-2H3. The van der Waals surface area contributed by atoms with Crippen molar-refractivity contribution in [3.05, 3.63) is 23.8 Å². The van der Waals surface area contributed by atoms with E-state index < -0.39 is 0 Å². The highest BCUT2D eigenvalue weighted by Gasteiger charge is 2.22. The Morgan fingerprint density at radius 2 is 2.31 bits per heavy atom. The SMILES string of the molecule is COc1cc(C(C)C2CCCN2)ccc1O. The predicted molar refractivity (Wildman–Crippen MR) is 64.1 cm³/mol. The van der Waals surface area contributed by atoms with E-state index in [1.807, 2.05) is 12.1 Å². The fraction of sp³-hybridized carbons (Fsp3) is 0.538. The maximum atomic E-state index is 9.54. The van der Waals surface area contributed by atoms with Crippen molar-refractivity contribution >= 4 is 0 Å². The second-order valence-corrected chi connectivity index (χ2v) is 4.42.